The predicted octanol–water partition coefficient (Wildman–Crippen LogP) is 13.3. The molecule has 0 bridgehead atoms. The molecule has 2 aliphatic rings. The van der Waals surface area contributed by atoms with E-state index >= 15 is 0 Å². The Kier molecular flexibility index (Phi) is 21.2. The molecule has 2 aliphatic carbocycles. The highest BCUT2D eigenvalue weighted by Crippen LogP contribution is 2.40. The minimum absolute atomic E-state index is 0.149. The summed E-state index contributed by atoms with van der Waals surface area (Å²) in [5.74, 6) is 3.10. The van der Waals surface area contributed by atoms with E-state index in [1.807, 2.05) is 0 Å². The maximum atomic E-state index is 11.5. The van der Waals surface area contributed by atoms with E-state index in [1.54, 1.807) is 0 Å². The van der Waals surface area contributed by atoms with E-state index in [0.29, 0.717) is 29.5 Å². The van der Waals surface area contributed by atoms with Gasteiger partial charge in [0.15, 0.2) is 0 Å². The molecule has 8 nitrogen and oxygen atoms in total. The van der Waals surface area contributed by atoms with E-state index in [4.69, 9.17) is 14.2 Å². The molecule has 6 rings (SSSR count). The van der Waals surface area contributed by atoms with Gasteiger partial charge < -0.3 is 24.3 Å². The van der Waals surface area contributed by atoms with Crippen molar-refractivity contribution in [3.63, 3.8) is 0 Å². The van der Waals surface area contributed by atoms with Crippen molar-refractivity contribution in [2.24, 2.45) is 22.7 Å². The lowest BCUT2D eigenvalue weighted by Crippen LogP contribution is -2.30. The summed E-state index contributed by atoms with van der Waals surface area (Å²) >= 11 is 0. The molecule has 352 valence electrons. The van der Waals surface area contributed by atoms with Gasteiger partial charge in [-0.1, -0.05) is 98.4 Å². The van der Waals surface area contributed by atoms with Gasteiger partial charge in [0, 0.05) is 25.7 Å². The molecule has 4 aromatic carbocycles. The third-order valence-electron chi connectivity index (χ3n) is 13.1. The standard InChI is InChI=1S/C28H41NO3.C24H35NO.C4H6O2/c1-6-16-29(17-15-27(30)31-5)20-21-7-8-23-19-26(12-9-22(23)18-21)32-25-13-10-24(11-14-25)28(2,3)4;1-5-14-25-17-18-6-7-20-16-23(11-8-19(20)15-18)26-22-12-9-21(10-13-22)24(2,3)4;1-3-4(5)6-2/h7-9,12,18-19,24-25H,6,10-11,13-17,20H2,1-5H3;6-8,11,15-16,21-22,25H,5,9-10,12-14,17H2,1-4H3;3H,1H2,2H3. The zero-order valence-corrected chi connectivity index (χ0v) is 41.2. The third kappa shape index (κ3) is 17.5. The SMILES string of the molecule is C=CC(=O)OC.CCCN(CCC(=O)OC)Cc1ccc2cc(OC3CCC(C(C)(C)C)CC3)ccc2c1.CCCNCc1ccc2cc(OC3CCC(C(C)(C)C)CC3)ccc2c1. The summed E-state index contributed by atoms with van der Waals surface area (Å²) in [5.41, 5.74) is 3.44. The summed E-state index contributed by atoms with van der Waals surface area (Å²) in [6.07, 6.45) is 14.3. The Morgan fingerprint density at radius 3 is 1.53 bits per heavy atom. The molecule has 0 aliphatic heterocycles. The predicted molar refractivity (Wildman–Crippen MR) is 266 cm³/mol. The van der Waals surface area contributed by atoms with Crippen LogP contribution in [0.15, 0.2) is 85.5 Å². The highest BCUT2D eigenvalue weighted by atomic mass is 16.5. The number of nitrogens with one attached hydrogen (secondary N) is 1. The molecule has 0 amide bonds. The van der Waals surface area contributed by atoms with Crippen LogP contribution in [0.4, 0.5) is 0 Å². The molecular weight excluding hydrogens is 797 g/mol. The van der Waals surface area contributed by atoms with Crippen LogP contribution in [0.5, 0.6) is 11.5 Å². The van der Waals surface area contributed by atoms with Gasteiger partial charge in [-0.3, -0.25) is 9.69 Å². The van der Waals surface area contributed by atoms with Crippen molar-refractivity contribution in [1.29, 1.82) is 0 Å². The first-order valence-corrected chi connectivity index (χ1v) is 24.1. The molecule has 8 heteroatoms. The van der Waals surface area contributed by atoms with Crippen molar-refractivity contribution >= 4 is 33.5 Å². The van der Waals surface area contributed by atoms with Gasteiger partial charge >= 0.3 is 11.9 Å². The summed E-state index contributed by atoms with van der Waals surface area (Å²) < 4.78 is 21.6. The van der Waals surface area contributed by atoms with E-state index in [1.165, 1.54) is 91.8 Å². The molecule has 0 radical (unpaired) electrons. The largest absolute Gasteiger partial charge is 0.490 e. The van der Waals surface area contributed by atoms with Gasteiger partial charge in [0.05, 0.1) is 32.8 Å². The van der Waals surface area contributed by atoms with E-state index in [-0.39, 0.29) is 5.97 Å². The molecule has 0 aromatic heterocycles. The fourth-order valence-electron chi connectivity index (χ4n) is 9.07. The molecule has 0 atom stereocenters. The van der Waals surface area contributed by atoms with E-state index in [2.05, 4.69) is 150 Å². The van der Waals surface area contributed by atoms with Gasteiger partial charge in [0.1, 0.15) is 11.5 Å². The van der Waals surface area contributed by atoms with Gasteiger partial charge in [0.25, 0.3) is 0 Å². The maximum Gasteiger partial charge on any atom is 0.329 e. The van der Waals surface area contributed by atoms with Crippen molar-refractivity contribution < 1.29 is 28.5 Å². The zero-order valence-electron chi connectivity index (χ0n) is 41.2. The molecule has 0 saturated heterocycles. The molecule has 4 aromatic rings. The molecule has 0 heterocycles. The number of rotatable bonds is 16. The molecule has 64 heavy (non-hydrogen) atoms. The Bertz CT molecular complexity index is 2030. The topological polar surface area (TPSA) is 86.3 Å². The quantitative estimate of drug-likeness (QED) is 0.0677. The zero-order chi connectivity index (χ0) is 46.7. The molecule has 2 saturated carbocycles. The number of ether oxygens (including phenoxy) is 4. The fraction of sp³-hybridized carbons (Fsp3) is 0.571. The van der Waals surface area contributed by atoms with Gasteiger partial charge in [0.2, 0.25) is 0 Å². The second kappa shape index (κ2) is 25.9. The minimum atomic E-state index is -0.394. The number of fused-ring (bicyclic) bond motifs is 2. The first-order chi connectivity index (χ1) is 30.5. The Hall–Kier alpha value is -4.40. The fourth-order valence-corrected chi connectivity index (χ4v) is 9.07. The average Bonchev–Trinajstić information content (AvgIpc) is 3.28. The number of nitrogens with zero attached hydrogens (tertiary/aromatic N) is 1. The van der Waals surface area contributed by atoms with Gasteiger partial charge in [-0.25, -0.2) is 4.79 Å². The summed E-state index contributed by atoms with van der Waals surface area (Å²) in [7, 11) is 2.76. The van der Waals surface area contributed by atoms with Crippen LogP contribution in [-0.4, -0.2) is 62.9 Å². The molecule has 2 fully saturated rings. The van der Waals surface area contributed by atoms with Gasteiger partial charge in [-0.05, 0) is 169 Å². The van der Waals surface area contributed by atoms with Crippen LogP contribution in [0.1, 0.15) is 137 Å². The smallest absolute Gasteiger partial charge is 0.329 e. The molecular formula is C56H82N2O6. The number of hydrogen-bond acceptors (Lipinski definition) is 8. The Morgan fingerprint density at radius 1 is 0.641 bits per heavy atom. The van der Waals surface area contributed by atoms with Crippen LogP contribution in [0.25, 0.3) is 21.5 Å². The van der Waals surface area contributed by atoms with Crippen LogP contribution in [-0.2, 0) is 32.2 Å². The third-order valence-corrected chi connectivity index (χ3v) is 13.1. The van der Waals surface area contributed by atoms with Gasteiger partial charge in [-0.15, -0.1) is 0 Å². The molecule has 0 spiro atoms. The summed E-state index contributed by atoms with van der Waals surface area (Å²) in [5, 5.41) is 8.48. The Balaban J connectivity index is 0.000000253. The summed E-state index contributed by atoms with van der Waals surface area (Å²) in [6, 6.07) is 26.4. The molecule has 1 N–H and O–H groups in total. The van der Waals surface area contributed by atoms with Crippen molar-refractivity contribution in [2.45, 2.75) is 151 Å². The lowest BCUT2D eigenvalue weighted by Gasteiger charge is -2.37. The Morgan fingerprint density at radius 2 is 1.11 bits per heavy atom. The van der Waals surface area contributed by atoms with Crippen LogP contribution in [0.3, 0.4) is 0 Å². The summed E-state index contributed by atoms with van der Waals surface area (Å²) in [4.78, 5) is 23.7. The van der Waals surface area contributed by atoms with E-state index in [9.17, 15) is 9.59 Å². The highest BCUT2D eigenvalue weighted by Gasteiger charge is 2.31. The number of carbonyl (C=O) groups is 2. The van der Waals surface area contributed by atoms with Crippen LogP contribution in [0, 0.1) is 22.7 Å². The highest BCUT2D eigenvalue weighted by molar-refractivity contribution is 5.85. The molecule has 0 unspecified atom stereocenters. The number of methoxy groups -OCH3 is 2. The number of hydrogen-bond donors (Lipinski definition) is 1. The summed E-state index contributed by atoms with van der Waals surface area (Å²) in [6.45, 7) is 26.3. The van der Waals surface area contributed by atoms with E-state index in [0.717, 1.165) is 81.4 Å². The second-order valence-electron chi connectivity index (χ2n) is 20.1. The first kappa shape index (κ1) is 52.2. The monoisotopic (exact) mass is 879 g/mol. The van der Waals surface area contributed by atoms with Crippen LogP contribution in [0.2, 0.25) is 0 Å². The van der Waals surface area contributed by atoms with E-state index < -0.39 is 5.97 Å². The van der Waals surface area contributed by atoms with Crippen molar-refractivity contribution in [2.75, 3.05) is 33.9 Å². The van der Waals surface area contributed by atoms with Crippen LogP contribution >= 0.6 is 0 Å². The number of carbonyl (C=O) groups excluding carboxylic acids is 2. The van der Waals surface area contributed by atoms with Crippen molar-refractivity contribution in [3.05, 3.63) is 96.6 Å². The number of esters is 2. The first-order valence-electron chi connectivity index (χ1n) is 24.1. The van der Waals surface area contributed by atoms with Crippen molar-refractivity contribution in [3.8, 4) is 11.5 Å². The van der Waals surface area contributed by atoms with Crippen molar-refractivity contribution in [1.82, 2.24) is 10.2 Å². The van der Waals surface area contributed by atoms with Gasteiger partial charge in [-0.2, -0.15) is 0 Å². The lowest BCUT2D eigenvalue weighted by atomic mass is 9.72. The van der Waals surface area contributed by atoms with Crippen LogP contribution < -0.4 is 14.8 Å². The average molecular weight is 879 g/mol. The Labute approximate surface area is 386 Å². The normalized spacial score (nSPS) is 18.9. The second-order valence-corrected chi connectivity index (χ2v) is 20.1. The maximum absolute atomic E-state index is 11.5. The minimum Gasteiger partial charge on any atom is -0.490 e. The number of benzene rings is 4. The lowest BCUT2D eigenvalue weighted by molar-refractivity contribution is -0.141.